The van der Waals surface area contributed by atoms with E-state index < -0.39 is 267 Å². The van der Waals surface area contributed by atoms with Crippen molar-refractivity contribution in [2.24, 2.45) is 58.4 Å². The van der Waals surface area contributed by atoms with E-state index in [1.807, 2.05) is 0 Å². The van der Waals surface area contributed by atoms with Gasteiger partial charge >= 0.3 is 24.0 Å². The molecule has 20 N–H and O–H groups in total. The number of urea groups is 2. The number of hydrogen-bond acceptors (Lipinski definition) is 25. The van der Waals surface area contributed by atoms with Crippen molar-refractivity contribution in [3.05, 3.63) is 77.7 Å². The molecule has 0 unspecified atom stereocenters. The zero-order chi connectivity index (χ0) is 86.4. The average molecular weight is 1680 g/mol. The number of carbonyl (C=O) groups is 18. The van der Waals surface area contributed by atoms with E-state index in [-0.39, 0.29) is 108 Å². The monoisotopic (exact) mass is 1680 g/mol. The van der Waals surface area contributed by atoms with E-state index in [2.05, 4.69) is 52.5 Å². The molecule has 13 atom stereocenters. The van der Waals surface area contributed by atoms with E-state index >= 15 is 33.6 Å². The van der Waals surface area contributed by atoms with E-state index in [1.54, 1.807) is 30.5 Å². The second-order valence-corrected chi connectivity index (χ2v) is 32.6. The molecule has 0 radical (unpaired) electrons. The molecule has 0 spiro atoms. The van der Waals surface area contributed by atoms with E-state index in [0.717, 1.165) is 38.3 Å². The van der Waals surface area contributed by atoms with Crippen molar-refractivity contribution in [1.29, 1.82) is 0 Å². The number of amides is 12. The molecular weight excluding hydrogens is 1580 g/mol. The number of nitrogens with one attached hydrogen (secondary N) is 8. The van der Waals surface area contributed by atoms with E-state index in [1.165, 1.54) is 42.2 Å². The number of benzene rings is 2. The van der Waals surface area contributed by atoms with E-state index in [9.17, 15) is 73.2 Å². The summed E-state index contributed by atoms with van der Waals surface area (Å²) in [6, 6.07) is 1.16. The van der Waals surface area contributed by atoms with Gasteiger partial charge in [0.25, 0.3) is 0 Å². The number of ketones is 6. The number of aliphatic carboxylic acids is 2. The van der Waals surface area contributed by atoms with Crippen LogP contribution in [0.4, 0.5) is 9.59 Å². The molecule has 12 amide bonds. The number of aliphatic hydroxyl groups is 1. The number of nitrogens with zero attached hydrogens (tertiary/aromatic N) is 5. The number of hydrogen-bond donors (Lipinski definition) is 16. The predicted molar refractivity (Wildman–Crippen MR) is 425 cm³/mol. The molecule has 7 rings (SSSR count). The van der Waals surface area contributed by atoms with Gasteiger partial charge in [0.15, 0.2) is 34.7 Å². The third-order valence-corrected chi connectivity index (χ3v) is 23.3. The Morgan fingerprint density at radius 3 is 1.94 bits per heavy atom. The van der Waals surface area contributed by atoms with Gasteiger partial charge in [0, 0.05) is 149 Å². The smallest absolute Gasteiger partial charge is 0.323 e. The van der Waals surface area contributed by atoms with Gasteiger partial charge in [-0.3, -0.25) is 81.4 Å². The Labute approximate surface area is 686 Å². The number of phenolic OH excluding ortho intramolecular Hbond substituents is 1. The molecule has 2 aromatic heterocycles. The number of carboxylic acids is 2. The normalized spacial score (nSPS) is 23.6. The molecule has 118 heavy (non-hydrogen) atoms. The average Bonchev–Trinajstić information content (AvgIpc) is 1.60. The maximum atomic E-state index is 15.5. The molecule has 39 nitrogen and oxygen atoms in total. The molecule has 2 saturated heterocycles. The molecule has 3 aliphatic rings. The van der Waals surface area contributed by atoms with Gasteiger partial charge in [0.05, 0.1) is 66.8 Å². The maximum Gasteiger partial charge on any atom is 0.323 e. The van der Waals surface area contributed by atoms with Gasteiger partial charge in [-0.2, -0.15) is 0 Å². The standard InChI is InChI=1S/C77H105N17O22S2/c1-41(95)69-64(102)33-48(34-67(105)106)75(114)94-24-8-14-58(94)63(101)30-44(10-6-22-83-77(81)116)71(110)88-57-40-118-117-39-56(85-66(104)35-78)62(100)31-46(73(112)89-69)26-50-37-93(91-90-50)23-7-13-54(59(97)32-47(74(113)92(2)38-68(107)108)25-42-15-18-51(96)19-16-42)86-72(111)45(17-20-65(79)103)29-60(98)55(27-49-36-84-53-12-4-3-11-52(49)53)87-70(109)43(28-61(57)99)9-5-21-82-76(80)115/h3-4,11-12,15-16,18-19,36-37,41,43-48,54-58,69,84,95-96H,5-10,13-14,17,20-35,38-40,78H2,1-2H3,(H2,79,103)(H,85,104)(H,86,111)(H,87,109)(H,88,110)(H,89,112)(H,105,106)(H,107,108)(H3,80,82,115)(H3,81,83,116)/t41-,43-,44-,45-,46-,47-,48+,54+,55+,56+,57+,58+,69+/m1/s1. The fourth-order valence-corrected chi connectivity index (χ4v) is 17.0. The minimum atomic E-state index is -1.90. The van der Waals surface area contributed by atoms with Crippen molar-refractivity contribution in [2.75, 3.05) is 51.3 Å². The van der Waals surface area contributed by atoms with Crippen molar-refractivity contribution < 1.29 is 107 Å². The summed E-state index contributed by atoms with van der Waals surface area (Å²) in [5.41, 5.74) is 23.8. The first-order chi connectivity index (χ1) is 56.1. The number of fused-ring (bicyclic) bond motifs is 12. The fourth-order valence-electron chi connectivity index (χ4n) is 14.6. The number of carboxylic acid groups (broad SMARTS) is 2. The number of aromatic nitrogens is 4. The minimum absolute atomic E-state index is 0.00253. The SMILES string of the molecule is C[C@@H](O)[C@@H]1NC(=O)[C@H]2CC(=O)[C@@H](NC(=O)CN)CSSC[C@H](NC(=O)[C@H](CCCNC(N)=O)CC(=O)[C@@H]3CCCN3C(=O)[C@H](CC(=O)O)CC1=O)C(=O)C[C@@H](CCCNC(N)=O)C(=O)N[C@@H](Cc1c[nH]c3ccccc13)C(=O)C[C@@H](CCC(N)=O)C(=O)N[C@H](C(=O)C[C@@H](Cc1ccc(O)cc1)C(=O)N(C)CC(=O)O)CCCn1cc(nn1)C2. The van der Waals surface area contributed by atoms with Crippen molar-refractivity contribution in [2.45, 2.75) is 184 Å². The van der Waals surface area contributed by atoms with E-state index in [4.69, 9.17) is 22.9 Å². The third kappa shape index (κ3) is 29.5. The summed E-state index contributed by atoms with van der Waals surface area (Å²) in [4.78, 5) is 260. The van der Waals surface area contributed by atoms with E-state index in [0.29, 0.717) is 22.0 Å². The maximum absolute atomic E-state index is 15.5. The van der Waals surface area contributed by atoms with Gasteiger partial charge < -0.3 is 95.4 Å². The van der Waals surface area contributed by atoms with Crippen molar-refractivity contribution in [1.82, 2.24) is 67.0 Å². The Morgan fingerprint density at radius 2 is 1.30 bits per heavy atom. The number of rotatable bonds is 26. The van der Waals surface area contributed by atoms with Crippen LogP contribution in [0.15, 0.2) is 60.9 Å². The largest absolute Gasteiger partial charge is 0.508 e. The number of aromatic amines is 1. The highest BCUT2D eigenvalue weighted by molar-refractivity contribution is 8.76. The molecule has 5 heterocycles. The Bertz CT molecular complexity index is 4310. The zero-order valence-corrected chi connectivity index (χ0v) is 67.2. The number of nitrogens with two attached hydrogens (primary N) is 4. The first kappa shape index (κ1) is 94.0. The molecule has 2 aromatic carbocycles. The molecule has 4 aromatic rings. The van der Waals surface area contributed by atoms with Gasteiger partial charge in [-0.05, 0) is 100 Å². The molecule has 3 aliphatic heterocycles. The summed E-state index contributed by atoms with van der Waals surface area (Å²) in [6.45, 7) is -0.871. The zero-order valence-electron chi connectivity index (χ0n) is 65.6. The Hall–Kier alpha value is -11.2. The number of aromatic hydroxyl groups is 1. The second-order valence-electron chi connectivity index (χ2n) is 30.0. The molecule has 0 aliphatic carbocycles. The number of aryl methyl sites for hydroxylation is 1. The lowest BCUT2D eigenvalue weighted by Crippen LogP contribution is -2.52. The van der Waals surface area contributed by atoms with Crippen LogP contribution < -0.4 is 60.2 Å². The number of H-pyrrole nitrogens is 1. The first-order valence-electron chi connectivity index (χ1n) is 38.9. The summed E-state index contributed by atoms with van der Waals surface area (Å²) in [5, 5.41) is 68.6. The fraction of sp³-hybridized carbons (Fsp3) is 0.558. The van der Waals surface area contributed by atoms with Crippen LogP contribution in [0.3, 0.4) is 0 Å². The number of para-hydroxylation sites is 1. The van der Waals surface area contributed by atoms with Crippen LogP contribution in [-0.2, 0) is 103 Å². The van der Waals surface area contributed by atoms with Gasteiger partial charge in [0.2, 0.25) is 47.3 Å². The van der Waals surface area contributed by atoms with Crippen LogP contribution in [0.2, 0.25) is 0 Å². The number of Topliss-reactive ketones (excluding diaryl/α,β-unsaturated/α-hetero) is 6. The van der Waals surface area contributed by atoms with Crippen molar-refractivity contribution in [3.63, 3.8) is 0 Å². The second kappa shape index (κ2) is 46.1. The highest BCUT2D eigenvalue weighted by atomic mass is 33.1. The van der Waals surface area contributed by atoms with Crippen LogP contribution in [0, 0.1) is 35.5 Å². The molecule has 0 saturated carbocycles. The summed E-state index contributed by atoms with van der Waals surface area (Å²) < 4.78 is 1.27. The molecule has 41 heteroatoms. The predicted octanol–water partition coefficient (Wildman–Crippen LogP) is -0.931. The van der Waals surface area contributed by atoms with Crippen LogP contribution >= 0.6 is 21.6 Å². The lowest BCUT2D eigenvalue weighted by atomic mass is 9.88. The summed E-state index contributed by atoms with van der Waals surface area (Å²) in [5.74, 6) is -25.3. The van der Waals surface area contributed by atoms with Crippen LogP contribution in [0.5, 0.6) is 5.75 Å². The van der Waals surface area contributed by atoms with Crippen molar-refractivity contribution >= 4 is 138 Å². The highest BCUT2D eigenvalue weighted by Gasteiger charge is 2.43. The lowest BCUT2D eigenvalue weighted by molar-refractivity contribution is -0.148. The van der Waals surface area contributed by atoms with Gasteiger partial charge in [-0.25, -0.2) is 9.59 Å². The van der Waals surface area contributed by atoms with Gasteiger partial charge in [0.1, 0.15) is 18.3 Å². The van der Waals surface area contributed by atoms with Crippen LogP contribution in [-0.4, -0.2) is 250 Å². The Kier molecular flexibility index (Phi) is 36.7. The quantitative estimate of drug-likeness (QED) is 0.0267. The van der Waals surface area contributed by atoms with Gasteiger partial charge in [-0.1, -0.05) is 57.1 Å². The Morgan fingerprint density at radius 1 is 0.678 bits per heavy atom. The number of carbonyl (C=O) groups excluding carboxylic acids is 16. The summed E-state index contributed by atoms with van der Waals surface area (Å²) >= 11 is 0. The van der Waals surface area contributed by atoms with Crippen LogP contribution in [0.25, 0.3) is 10.9 Å². The lowest BCUT2D eigenvalue weighted by Gasteiger charge is -2.30. The number of phenols is 1. The summed E-state index contributed by atoms with van der Waals surface area (Å²) in [6.07, 6.45) is -6.91. The number of aliphatic hydroxyl groups excluding tert-OH is 1. The molecule has 642 valence electrons. The molecular formula is C77H105N17O22S2. The van der Waals surface area contributed by atoms with Crippen molar-refractivity contribution in [3.8, 4) is 5.75 Å². The van der Waals surface area contributed by atoms with Gasteiger partial charge in [-0.15, -0.1) is 5.10 Å². The molecule has 2 fully saturated rings. The third-order valence-electron chi connectivity index (χ3n) is 20.9. The topological polar surface area (TPSA) is 629 Å². The van der Waals surface area contributed by atoms with Crippen LogP contribution in [0.1, 0.15) is 133 Å². The summed E-state index contributed by atoms with van der Waals surface area (Å²) in [7, 11) is 2.99. The highest BCUT2D eigenvalue weighted by Crippen LogP contribution is 2.32. The minimum Gasteiger partial charge on any atom is -0.508 e. The first-order valence-corrected chi connectivity index (χ1v) is 41.4. The molecule has 4 bridgehead atoms. The number of primary amides is 3. The Balaban J connectivity index is 1.42. The number of likely N-dealkylation sites (N-methyl/N-ethyl adjacent to an activating group) is 1.